The van der Waals surface area contributed by atoms with Crippen molar-refractivity contribution in [1.29, 1.82) is 0 Å². The Morgan fingerprint density at radius 2 is 2.15 bits per heavy atom. The molecule has 8 heteroatoms. The zero-order chi connectivity index (χ0) is 14.8. The number of aromatic nitrogens is 1. The van der Waals surface area contributed by atoms with Gasteiger partial charge >= 0.3 is 0 Å². The van der Waals surface area contributed by atoms with Crippen LogP contribution < -0.4 is 5.32 Å². The third-order valence-electron chi connectivity index (χ3n) is 3.35. The number of sulfonamides is 1. The molecule has 1 amide bonds. The lowest BCUT2D eigenvalue weighted by molar-refractivity contribution is -0.116. The first-order valence-electron chi connectivity index (χ1n) is 6.56. The van der Waals surface area contributed by atoms with Crippen molar-refractivity contribution >= 4 is 21.7 Å². The van der Waals surface area contributed by atoms with Crippen LogP contribution >= 0.6 is 0 Å². The van der Waals surface area contributed by atoms with Crippen LogP contribution in [0.2, 0.25) is 0 Å². The van der Waals surface area contributed by atoms with Gasteiger partial charge in [-0.25, -0.2) is 8.42 Å². The summed E-state index contributed by atoms with van der Waals surface area (Å²) in [5, 5.41) is 6.19. The van der Waals surface area contributed by atoms with Crippen molar-refractivity contribution in [2.45, 2.75) is 38.6 Å². The Labute approximate surface area is 118 Å². The van der Waals surface area contributed by atoms with E-state index < -0.39 is 15.9 Å². The summed E-state index contributed by atoms with van der Waals surface area (Å²) in [4.78, 5) is 11.9. The fraction of sp³-hybridized carbons (Fsp3) is 0.667. The number of anilines is 1. The lowest BCUT2D eigenvalue weighted by atomic mass is 10.2. The van der Waals surface area contributed by atoms with Gasteiger partial charge < -0.3 is 9.84 Å². The fourth-order valence-electron chi connectivity index (χ4n) is 2.46. The highest BCUT2D eigenvalue weighted by molar-refractivity contribution is 7.88. The lowest BCUT2D eigenvalue weighted by Crippen LogP contribution is -2.43. The largest absolute Gasteiger partial charge is 0.360 e. The molecule has 1 fully saturated rings. The van der Waals surface area contributed by atoms with Crippen LogP contribution in [-0.2, 0) is 14.8 Å². The minimum atomic E-state index is -3.40. The molecule has 0 radical (unpaired) electrons. The van der Waals surface area contributed by atoms with Gasteiger partial charge in [0.05, 0.1) is 12.8 Å². The molecule has 0 spiro atoms. The molecule has 20 heavy (non-hydrogen) atoms. The number of nitrogens with one attached hydrogen (secondary N) is 1. The molecule has 0 atom stereocenters. The molecular weight excluding hydrogens is 282 g/mol. The van der Waals surface area contributed by atoms with Gasteiger partial charge in [-0.3, -0.25) is 4.79 Å². The molecule has 0 aliphatic heterocycles. The quantitative estimate of drug-likeness (QED) is 0.880. The first-order chi connectivity index (χ1) is 9.36. The minimum Gasteiger partial charge on any atom is -0.360 e. The average molecular weight is 301 g/mol. The highest BCUT2D eigenvalue weighted by atomic mass is 32.2. The van der Waals surface area contributed by atoms with Crippen molar-refractivity contribution in [2.24, 2.45) is 0 Å². The summed E-state index contributed by atoms with van der Waals surface area (Å²) in [5.74, 6) is 0.471. The van der Waals surface area contributed by atoms with Crippen molar-refractivity contribution in [3.05, 3.63) is 11.8 Å². The third-order valence-corrected chi connectivity index (χ3v) is 4.63. The highest BCUT2D eigenvalue weighted by Gasteiger charge is 2.30. The molecule has 7 nitrogen and oxygen atoms in total. The van der Waals surface area contributed by atoms with Crippen molar-refractivity contribution < 1.29 is 17.7 Å². The Morgan fingerprint density at radius 3 is 2.65 bits per heavy atom. The summed E-state index contributed by atoms with van der Waals surface area (Å²) in [5.41, 5.74) is 0. The number of hydrogen-bond donors (Lipinski definition) is 1. The molecule has 1 aliphatic carbocycles. The highest BCUT2D eigenvalue weighted by Crippen LogP contribution is 2.25. The zero-order valence-corrected chi connectivity index (χ0v) is 12.4. The van der Waals surface area contributed by atoms with E-state index in [1.54, 1.807) is 13.0 Å². The zero-order valence-electron chi connectivity index (χ0n) is 11.6. The van der Waals surface area contributed by atoms with Gasteiger partial charge in [0, 0.05) is 12.1 Å². The van der Waals surface area contributed by atoms with Crippen molar-refractivity contribution in [1.82, 2.24) is 9.46 Å². The first-order valence-corrected chi connectivity index (χ1v) is 8.41. The summed E-state index contributed by atoms with van der Waals surface area (Å²) in [7, 11) is -3.40. The molecule has 1 aliphatic rings. The van der Waals surface area contributed by atoms with E-state index >= 15 is 0 Å². The maximum absolute atomic E-state index is 11.9. The molecular formula is C12H19N3O4S. The van der Waals surface area contributed by atoms with E-state index in [2.05, 4.69) is 10.5 Å². The second kappa shape index (κ2) is 5.92. The van der Waals surface area contributed by atoms with Gasteiger partial charge in [-0.1, -0.05) is 18.0 Å². The van der Waals surface area contributed by atoms with Crippen LogP contribution in [0.5, 0.6) is 0 Å². The Bertz CT molecular complexity index is 575. The van der Waals surface area contributed by atoms with E-state index in [-0.39, 0.29) is 12.6 Å². The van der Waals surface area contributed by atoms with Gasteiger partial charge in [0.1, 0.15) is 5.76 Å². The number of carbonyl (C=O) groups excluding carboxylic acids is 1. The summed E-state index contributed by atoms with van der Waals surface area (Å²) >= 11 is 0. The summed E-state index contributed by atoms with van der Waals surface area (Å²) in [6, 6.07) is 1.51. The SMILES string of the molecule is Cc1cc(NC(=O)CN(C2CCCC2)S(C)(=O)=O)no1. The van der Waals surface area contributed by atoms with Gasteiger partial charge in [0.25, 0.3) is 0 Å². The van der Waals surface area contributed by atoms with Crippen LogP contribution in [0, 0.1) is 6.92 Å². The van der Waals surface area contributed by atoms with Crippen LogP contribution in [-0.4, -0.2) is 42.6 Å². The maximum Gasteiger partial charge on any atom is 0.240 e. The fourth-order valence-corrected chi connectivity index (χ4v) is 3.56. The molecule has 1 aromatic heterocycles. The topological polar surface area (TPSA) is 92.5 Å². The number of rotatable bonds is 5. The standard InChI is InChI=1S/C12H19N3O4S/c1-9-7-11(14-19-9)13-12(16)8-15(20(2,17)18)10-5-3-4-6-10/h7,10H,3-6,8H2,1-2H3,(H,13,14,16). The molecule has 2 rings (SSSR count). The van der Waals surface area contributed by atoms with Crippen LogP contribution in [0.3, 0.4) is 0 Å². The lowest BCUT2D eigenvalue weighted by Gasteiger charge is -2.25. The van der Waals surface area contributed by atoms with Crippen LogP contribution in [0.1, 0.15) is 31.4 Å². The Morgan fingerprint density at radius 1 is 1.50 bits per heavy atom. The summed E-state index contributed by atoms with van der Waals surface area (Å²) in [6.45, 7) is 1.53. The molecule has 112 valence electrons. The monoisotopic (exact) mass is 301 g/mol. The van der Waals surface area contributed by atoms with Gasteiger partial charge in [-0.2, -0.15) is 4.31 Å². The van der Waals surface area contributed by atoms with Gasteiger partial charge in [-0.05, 0) is 19.8 Å². The summed E-state index contributed by atoms with van der Waals surface area (Å²) in [6.07, 6.45) is 4.76. The smallest absolute Gasteiger partial charge is 0.240 e. The Kier molecular flexibility index (Phi) is 4.44. The van der Waals surface area contributed by atoms with E-state index in [4.69, 9.17) is 4.52 Å². The number of aryl methyl sites for hydroxylation is 1. The average Bonchev–Trinajstić information content (AvgIpc) is 2.96. The van der Waals surface area contributed by atoms with E-state index in [1.165, 1.54) is 4.31 Å². The van der Waals surface area contributed by atoms with Crippen molar-refractivity contribution in [3.8, 4) is 0 Å². The van der Waals surface area contributed by atoms with Crippen LogP contribution in [0.4, 0.5) is 5.82 Å². The second-order valence-electron chi connectivity index (χ2n) is 5.12. The van der Waals surface area contributed by atoms with Crippen LogP contribution in [0.15, 0.2) is 10.6 Å². The van der Waals surface area contributed by atoms with Gasteiger partial charge in [0.15, 0.2) is 5.82 Å². The molecule has 0 unspecified atom stereocenters. The molecule has 0 aromatic carbocycles. The first kappa shape index (κ1) is 15.0. The Hall–Kier alpha value is -1.41. The van der Waals surface area contributed by atoms with E-state index in [0.717, 1.165) is 31.9 Å². The predicted octanol–water partition coefficient (Wildman–Crippen LogP) is 1.13. The maximum atomic E-state index is 11.9. The molecule has 1 heterocycles. The molecule has 1 saturated carbocycles. The number of amides is 1. The Balaban J connectivity index is 2.02. The van der Waals surface area contributed by atoms with Crippen LogP contribution in [0.25, 0.3) is 0 Å². The normalized spacial score (nSPS) is 16.8. The molecule has 1 aromatic rings. The number of nitrogens with zero attached hydrogens (tertiary/aromatic N) is 2. The predicted molar refractivity (Wildman–Crippen MR) is 73.7 cm³/mol. The van der Waals surface area contributed by atoms with E-state index in [0.29, 0.717) is 11.6 Å². The molecule has 1 N–H and O–H groups in total. The van der Waals surface area contributed by atoms with Crippen molar-refractivity contribution in [3.63, 3.8) is 0 Å². The second-order valence-corrected chi connectivity index (χ2v) is 7.05. The number of carbonyl (C=O) groups is 1. The molecule has 0 saturated heterocycles. The minimum absolute atomic E-state index is 0.0743. The van der Waals surface area contributed by atoms with Gasteiger partial charge in [0.2, 0.25) is 15.9 Å². The van der Waals surface area contributed by atoms with E-state index in [9.17, 15) is 13.2 Å². The molecule has 0 bridgehead atoms. The van der Waals surface area contributed by atoms with Gasteiger partial charge in [-0.15, -0.1) is 0 Å². The van der Waals surface area contributed by atoms with Crippen molar-refractivity contribution in [2.75, 3.05) is 18.1 Å². The summed E-state index contributed by atoms with van der Waals surface area (Å²) < 4.78 is 29.8. The number of hydrogen-bond acceptors (Lipinski definition) is 5. The third kappa shape index (κ3) is 3.80. The van der Waals surface area contributed by atoms with E-state index in [1.807, 2.05) is 0 Å².